The predicted octanol–water partition coefficient (Wildman–Crippen LogP) is 2.17. The topological polar surface area (TPSA) is 41.6 Å². The molecule has 2 heterocycles. The van der Waals surface area contributed by atoms with Crippen LogP contribution in [0.2, 0.25) is 5.02 Å². The number of ether oxygens (including phenoxy) is 1. The van der Waals surface area contributed by atoms with Crippen LogP contribution in [0.5, 0.6) is 5.75 Å². The lowest BCUT2D eigenvalue weighted by Gasteiger charge is -2.28. The minimum atomic E-state index is 0.0437. The number of nitrogens with one attached hydrogen (secondary N) is 1. The predicted molar refractivity (Wildman–Crippen MR) is 78.4 cm³/mol. The van der Waals surface area contributed by atoms with Crippen molar-refractivity contribution in [3.63, 3.8) is 0 Å². The first-order valence-electron chi connectivity index (χ1n) is 6.98. The van der Waals surface area contributed by atoms with Gasteiger partial charge in [-0.2, -0.15) is 0 Å². The number of carbonyl (C=O) groups is 1. The minimum absolute atomic E-state index is 0.0437. The fourth-order valence-corrected chi connectivity index (χ4v) is 3.66. The molecule has 2 saturated heterocycles. The SMILES string of the molecule is COc1cc(Cl)ccc1C(=O)N1C(C)CC2CNCC21. The first-order chi connectivity index (χ1) is 9.61. The van der Waals surface area contributed by atoms with Crippen LogP contribution in [0.1, 0.15) is 23.7 Å². The maximum Gasteiger partial charge on any atom is 0.258 e. The van der Waals surface area contributed by atoms with Gasteiger partial charge in [0.1, 0.15) is 5.75 Å². The van der Waals surface area contributed by atoms with Crippen molar-refractivity contribution in [3.05, 3.63) is 28.8 Å². The maximum atomic E-state index is 12.9. The van der Waals surface area contributed by atoms with Gasteiger partial charge in [-0.15, -0.1) is 0 Å². The zero-order valence-corrected chi connectivity index (χ0v) is 12.5. The van der Waals surface area contributed by atoms with Gasteiger partial charge in [-0.3, -0.25) is 4.79 Å². The van der Waals surface area contributed by atoms with Gasteiger partial charge < -0.3 is 15.0 Å². The van der Waals surface area contributed by atoms with E-state index in [1.165, 1.54) is 0 Å². The zero-order valence-electron chi connectivity index (χ0n) is 11.7. The molecule has 108 valence electrons. The van der Waals surface area contributed by atoms with E-state index in [1.54, 1.807) is 25.3 Å². The number of hydrogen-bond acceptors (Lipinski definition) is 3. The number of benzene rings is 1. The van der Waals surface area contributed by atoms with Crippen molar-refractivity contribution in [2.45, 2.75) is 25.4 Å². The molecule has 2 aliphatic rings. The number of carbonyl (C=O) groups excluding carboxylic acids is 1. The van der Waals surface area contributed by atoms with Crippen molar-refractivity contribution in [1.82, 2.24) is 10.2 Å². The lowest BCUT2D eigenvalue weighted by atomic mass is 10.0. The van der Waals surface area contributed by atoms with Crippen LogP contribution in [0.15, 0.2) is 18.2 Å². The first-order valence-corrected chi connectivity index (χ1v) is 7.36. The summed E-state index contributed by atoms with van der Waals surface area (Å²) in [6.45, 7) is 4.02. The van der Waals surface area contributed by atoms with E-state index in [1.807, 2.05) is 4.90 Å². The van der Waals surface area contributed by atoms with Crippen molar-refractivity contribution in [2.75, 3.05) is 20.2 Å². The van der Waals surface area contributed by atoms with Crippen molar-refractivity contribution in [1.29, 1.82) is 0 Å². The standard InChI is InChI=1S/C15H19ClN2O2/c1-9-5-10-7-17-8-13(10)18(9)15(19)12-4-3-11(16)6-14(12)20-2/h3-4,6,9-10,13,17H,5,7-8H2,1-2H3. The van der Waals surface area contributed by atoms with E-state index in [-0.39, 0.29) is 11.9 Å². The number of likely N-dealkylation sites (tertiary alicyclic amines) is 1. The molecule has 3 unspecified atom stereocenters. The molecule has 3 atom stereocenters. The summed E-state index contributed by atoms with van der Waals surface area (Å²) in [4.78, 5) is 14.9. The van der Waals surface area contributed by atoms with Crippen LogP contribution in [0.25, 0.3) is 0 Å². The molecule has 1 aromatic carbocycles. The van der Waals surface area contributed by atoms with Crippen LogP contribution in [0.4, 0.5) is 0 Å². The smallest absolute Gasteiger partial charge is 0.258 e. The summed E-state index contributed by atoms with van der Waals surface area (Å²) in [5.41, 5.74) is 0.594. The average Bonchev–Trinajstić information content (AvgIpc) is 2.97. The Morgan fingerprint density at radius 1 is 1.45 bits per heavy atom. The zero-order chi connectivity index (χ0) is 14.3. The Morgan fingerprint density at radius 3 is 3.00 bits per heavy atom. The second-order valence-corrected chi connectivity index (χ2v) is 6.06. The average molecular weight is 295 g/mol. The van der Waals surface area contributed by atoms with E-state index in [0.717, 1.165) is 19.5 Å². The van der Waals surface area contributed by atoms with Gasteiger partial charge in [-0.05, 0) is 37.5 Å². The summed E-state index contributed by atoms with van der Waals surface area (Å²) < 4.78 is 5.31. The third kappa shape index (κ3) is 2.17. The number of fused-ring (bicyclic) bond motifs is 1. The Balaban J connectivity index is 1.92. The van der Waals surface area contributed by atoms with Crippen LogP contribution in [-0.4, -0.2) is 43.1 Å². The number of nitrogens with zero attached hydrogens (tertiary/aromatic N) is 1. The fraction of sp³-hybridized carbons (Fsp3) is 0.533. The van der Waals surface area contributed by atoms with Gasteiger partial charge in [0.15, 0.2) is 0 Å². The van der Waals surface area contributed by atoms with Gasteiger partial charge in [0.05, 0.1) is 12.7 Å². The molecule has 0 aromatic heterocycles. The van der Waals surface area contributed by atoms with Gasteiger partial charge in [0, 0.05) is 30.2 Å². The van der Waals surface area contributed by atoms with Crippen LogP contribution < -0.4 is 10.1 Å². The van der Waals surface area contributed by atoms with Gasteiger partial charge in [-0.25, -0.2) is 0 Å². The van der Waals surface area contributed by atoms with E-state index < -0.39 is 0 Å². The highest BCUT2D eigenvalue weighted by Gasteiger charge is 2.44. The molecule has 3 rings (SSSR count). The minimum Gasteiger partial charge on any atom is -0.496 e. The summed E-state index contributed by atoms with van der Waals surface area (Å²) in [7, 11) is 1.57. The Hall–Kier alpha value is -1.26. The molecular weight excluding hydrogens is 276 g/mol. The van der Waals surface area contributed by atoms with Crippen molar-refractivity contribution in [2.24, 2.45) is 5.92 Å². The molecule has 5 heteroatoms. The fourth-order valence-electron chi connectivity index (χ4n) is 3.50. The molecule has 0 bridgehead atoms. The van der Waals surface area contributed by atoms with Crippen LogP contribution in [-0.2, 0) is 0 Å². The molecule has 1 amide bonds. The highest BCUT2D eigenvalue weighted by molar-refractivity contribution is 6.30. The summed E-state index contributed by atoms with van der Waals surface area (Å²) >= 11 is 5.96. The molecule has 1 N–H and O–H groups in total. The van der Waals surface area contributed by atoms with Crippen molar-refractivity contribution < 1.29 is 9.53 Å². The number of hydrogen-bond donors (Lipinski definition) is 1. The molecular formula is C15H19ClN2O2. The lowest BCUT2D eigenvalue weighted by Crippen LogP contribution is -2.42. The Labute approximate surface area is 124 Å². The number of rotatable bonds is 2. The number of methoxy groups -OCH3 is 1. The Bertz CT molecular complexity index is 535. The molecule has 20 heavy (non-hydrogen) atoms. The third-order valence-electron chi connectivity index (χ3n) is 4.41. The number of halogens is 1. The van der Waals surface area contributed by atoms with Gasteiger partial charge in [0.2, 0.25) is 0 Å². The molecule has 4 nitrogen and oxygen atoms in total. The maximum absolute atomic E-state index is 12.9. The molecule has 2 fully saturated rings. The van der Waals surface area contributed by atoms with E-state index in [0.29, 0.717) is 28.3 Å². The van der Waals surface area contributed by atoms with E-state index in [9.17, 15) is 4.79 Å². The van der Waals surface area contributed by atoms with Gasteiger partial charge >= 0.3 is 0 Å². The highest BCUT2D eigenvalue weighted by atomic mass is 35.5. The normalized spacial score (nSPS) is 28.6. The monoisotopic (exact) mass is 294 g/mol. The van der Waals surface area contributed by atoms with Crippen LogP contribution in [0.3, 0.4) is 0 Å². The Morgan fingerprint density at radius 2 is 2.25 bits per heavy atom. The van der Waals surface area contributed by atoms with E-state index in [2.05, 4.69) is 12.2 Å². The van der Waals surface area contributed by atoms with Crippen LogP contribution in [0, 0.1) is 5.92 Å². The molecule has 0 aliphatic carbocycles. The highest BCUT2D eigenvalue weighted by Crippen LogP contribution is 2.35. The van der Waals surface area contributed by atoms with E-state index in [4.69, 9.17) is 16.3 Å². The van der Waals surface area contributed by atoms with Gasteiger partial charge in [0.25, 0.3) is 5.91 Å². The number of amides is 1. The summed E-state index contributed by atoms with van der Waals surface area (Å²) in [6.07, 6.45) is 1.07. The largest absolute Gasteiger partial charge is 0.496 e. The molecule has 0 spiro atoms. The second kappa shape index (κ2) is 5.26. The third-order valence-corrected chi connectivity index (χ3v) is 4.64. The van der Waals surface area contributed by atoms with Crippen molar-refractivity contribution >= 4 is 17.5 Å². The van der Waals surface area contributed by atoms with Crippen LogP contribution >= 0.6 is 11.6 Å². The van der Waals surface area contributed by atoms with E-state index >= 15 is 0 Å². The van der Waals surface area contributed by atoms with Gasteiger partial charge in [-0.1, -0.05) is 11.6 Å². The molecule has 2 aliphatic heterocycles. The second-order valence-electron chi connectivity index (χ2n) is 5.63. The van der Waals surface area contributed by atoms with Crippen molar-refractivity contribution in [3.8, 4) is 5.75 Å². The summed E-state index contributed by atoms with van der Waals surface area (Å²) in [5.74, 6) is 1.17. The summed E-state index contributed by atoms with van der Waals surface area (Å²) in [6, 6.07) is 5.77. The quantitative estimate of drug-likeness (QED) is 0.909. The Kier molecular flexibility index (Phi) is 3.61. The first kappa shape index (κ1) is 13.7. The lowest BCUT2D eigenvalue weighted by molar-refractivity contribution is 0.0679. The molecule has 1 aromatic rings. The molecule has 0 radical (unpaired) electrons. The molecule has 0 saturated carbocycles. The summed E-state index contributed by atoms with van der Waals surface area (Å²) in [5, 5.41) is 3.95.